The van der Waals surface area contributed by atoms with Crippen molar-refractivity contribution < 1.29 is 4.79 Å². The molecule has 0 saturated heterocycles. The Labute approximate surface area is 123 Å². The monoisotopic (exact) mass is 276 g/mol. The zero-order valence-electron chi connectivity index (χ0n) is 13.3. The molecule has 0 aliphatic rings. The highest BCUT2D eigenvalue weighted by molar-refractivity contribution is 5.93. The summed E-state index contributed by atoms with van der Waals surface area (Å²) in [4.78, 5) is 11.9. The SMILES string of the molecule is CCCCCCNCC(=O)Nc1c(C)cc(C)cc1C. The summed E-state index contributed by atoms with van der Waals surface area (Å²) in [5.74, 6) is 0.0375. The van der Waals surface area contributed by atoms with Crippen LogP contribution in [0.3, 0.4) is 0 Å². The van der Waals surface area contributed by atoms with E-state index in [-0.39, 0.29) is 5.91 Å². The van der Waals surface area contributed by atoms with Crippen LogP contribution in [0.25, 0.3) is 0 Å². The molecule has 2 N–H and O–H groups in total. The first kappa shape index (κ1) is 16.7. The second-order valence-electron chi connectivity index (χ2n) is 5.56. The summed E-state index contributed by atoms with van der Waals surface area (Å²) in [6.45, 7) is 9.65. The Balaban J connectivity index is 2.36. The predicted octanol–water partition coefficient (Wildman–Crippen LogP) is 3.72. The minimum absolute atomic E-state index is 0.0375. The Hall–Kier alpha value is -1.35. The van der Waals surface area contributed by atoms with Gasteiger partial charge in [0.2, 0.25) is 5.91 Å². The molecule has 0 aliphatic heterocycles. The van der Waals surface area contributed by atoms with Gasteiger partial charge in [-0.1, -0.05) is 43.9 Å². The van der Waals surface area contributed by atoms with Gasteiger partial charge in [-0.05, 0) is 44.9 Å². The lowest BCUT2D eigenvalue weighted by Gasteiger charge is -2.13. The molecule has 0 heterocycles. The number of carbonyl (C=O) groups excluding carboxylic acids is 1. The summed E-state index contributed by atoms with van der Waals surface area (Å²) in [6, 6.07) is 4.20. The van der Waals surface area contributed by atoms with E-state index in [9.17, 15) is 4.79 Å². The Kier molecular flexibility index (Phi) is 7.31. The molecule has 1 rings (SSSR count). The predicted molar refractivity (Wildman–Crippen MR) is 86.3 cm³/mol. The van der Waals surface area contributed by atoms with Gasteiger partial charge < -0.3 is 10.6 Å². The van der Waals surface area contributed by atoms with Gasteiger partial charge in [-0.2, -0.15) is 0 Å². The first-order valence-corrected chi connectivity index (χ1v) is 7.63. The van der Waals surface area contributed by atoms with Gasteiger partial charge in [0.05, 0.1) is 6.54 Å². The molecule has 1 aromatic rings. The molecule has 0 fully saturated rings. The third-order valence-corrected chi connectivity index (χ3v) is 3.43. The summed E-state index contributed by atoms with van der Waals surface area (Å²) in [6.07, 6.45) is 4.90. The number of aryl methyl sites for hydroxylation is 3. The quantitative estimate of drug-likeness (QED) is 0.710. The molecule has 0 spiro atoms. The lowest BCUT2D eigenvalue weighted by atomic mass is 10.1. The van der Waals surface area contributed by atoms with Gasteiger partial charge in [0.25, 0.3) is 0 Å². The molecular weight excluding hydrogens is 248 g/mol. The first-order valence-electron chi connectivity index (χ1n) is 7.63. The number of benzene rings is 1. The summed E-state index contributed by atoms with van der Waals surface area (Å²) in [7, 11) is 0. The van der Waals surface area contributed by atoms with E-state index in [1.54, 1.807) is 0 Å². The van der Waals surface area contributed by atoms with E-state index in [4.69, 9.17) is 0 Å². The molecular formula is C17H28N2O. The third-order valence-electron chi connectivity index (χ3n) is 3.43. The number of anilines is 1. The molecule has 3 nitrogen and oxygen atoms in total. The van der Waals surface area contributed by atoms with Crippen LogP contribution in [-0.2, 0) is 4.79 Å². The summed E-state index contributed by atoms with van der Waals surface area (Å²) in [5, 5.41) is 6.21. The average molecular weight is 276 g/mol. The summed E-state index contributed by atoms with van der Waals surface area (Å²) in [5.41, 5.74) is 4.43. The molecule has 112 valence electrons. The third kappa shape index (κ3) is 5.74. The van der Waals surface area contributed by atoms with Crippen molar-refractivity contribution in [2.75, 3.05) is 18.4 Å². The van der Waals surface area contributed by atoms with Crippen LogP contribution < -0.4 is 10.6 Å². The smallest absolute Gasteiger partial charge is 0.238 e. The minimum atomic E-state index is 0.0375. The zero-order valence-corrected chi connectivity index (χ0v) is 13.3. The minimum Gasteiger partial charge on any atom is -0.324 e. The largest absolute Gasteiger partial charge is 0.324 e. The van der Waals surface area contributed by atoms with Crippen molar-refractivity contribution in [2.45, 2.75) is 53.4 Å². The maximum Gasteiger partial charge on any atom is 0.238 e. The number of unbranched alkanes of at least 4 members (excludes halogenated alkanes) is 3. The molecule has 0 aromatic heterocycles. The number of nitrogens with one attached hydrogen (secondary N) is 2. The van der Waals surface area contributed by atoms with E-state index in [1.165, 1.54) is 24.8 Å². The molecule has 20 heavy (non-hydrogen) atoms. The summed E-state index contributed by atoms with van der Waals surface area (Å²) < 4.78 is 0. The maximum atomic E-state index is 11.9. The standard InChI is InChI=1S/C17H28N2O/c1-5-6-7-8-9-18-12-16(20)19-17-14(3)10-13(2)11-15(17)4/h10-11,18H,5-9,12H2,1-4H3,(H,19,20). The second-order valence-corrected chi connectivity index (χ2v) is 5.56. The van der Waals surface area contributed by atoms with Gasteiger partial charge >= 0.3 is 0 Å². The lowest BCUT2D eigenvalue weighted by molar-refractivity contribution is -0.115. The Morgan fingerprint density at radius 3 is 2.30 bits per heavy atom. The highest BCUT2D eigenvalue weighted by Gasteiger charge is 2.07. The Bertz CT molecular complexity index is 418. The van der Waals surface area contributed by atoms with Crippen LogP contribution in [-0.4, -0.2) is 19.0 Å². The fraction of sp³-hybridized carbons (Fsp3) is 0.588. The van der Waals surface area contributed by atoms with Crippen LogP contribution in [0, 0.1) is 20.8 Å². The number of amides is 1. The van der Waals surface area contributed by atoms with Crippen LogP contribution in [0.5, 0.6) is 0 Å². The molecule has 3 heteroatoms. The van der Waals surface area contributed by atoms with Crippen LogP contribution in [0.4, 0.5) is 5.69 Å². The lowest BCUT2D eigenvalue weighted by Crippen LogP contribution is -2.29. The van der Waals surface area contributed by atoms with Crippen molar-refractivity contribution in [1.29, 1.82) is 0 Å². The number of hydrogen-bond acceptors (Lipinski definition) is 2. The molecule has 0 aliphatic carbocycles. The molecule has 0 bridgehead atoms. The fourth-order valence-electron chi connectivity index (χ4n) is 2.44. The van der Waals surface area contributed by atoms with E-state index in [0.29, 0.717) is 6.54 Å². The van der Waals surface area contributed by atoms with Gasteiger partial charge in [-0.15, -0.1) is 0 Å². The number of carbonyl (C=O) groups is 1. The van der Waals surface area contributed by atoms with Gasteiger partial charge in [-0.25, -0.2) is 0 Å². The van der Waals surface area contributed by atoms with Crippen LogP contribution in [0.1, 0.15) is 49.3 Å². The van der Waals surface area contributed by atoms with E-state index in [0.717, 1.165) is 29.8 Å². The average Bonchev–Trinajstić information content (AvgIpc) is 2.38. The molecule has 0 unspecified atom stereocenters. The van der Waals surface area contributed by atoms with E-state index < -0.39 is 0 Å². The van der Waals surface area contributed by atoms with E-state index in [1.807, 2.05) is 13.8 Å². The molecule has 0 saturated carbocycles. The molecule has 0 atom stereocenters. The van der Waals surface area contributed by atoms with Gasteiger partial charge in [0, 0.05) is 5.69 Å². The number of rotatable bonds is 8. The molecule has 1 aromatic carbocycles. The first-order chi connectivity index (χ1) is 9.54. The molecule has 1 amide bonds. The van der Waals surface area contributed by atoms with Gasteiger partial charge in [0.1, 0.15) is 0 Å². The van der Waals surface area contributed by atoms with E-state index >= 15 is 0 Å². The van der Waals surface area contributed by atoms with Crippen LogP contribution in [0.2, 0.25) is 0 Å². The van der Waals surface area contributed by atoms with Crippen molar-refractivity contribution in [3.05, 3.63) is 28.8 Å². The molecule has 0 radical (unpaired) electrons. The van der Waals surface area contributed by atoms with Crippen molar-refractivity contribution in [3.63, 3.8) is 0 Å². The van der Waals surface area contributed by atoms with Crippen molar-refractivity contribution in [2.24, 2.45) is 0 Å². The fourth-order valence-corrected chi connectivity index (χ4v) is 2.44. The second kappa shape index (κ2) is 8.75. The van der Waals surface area contributed by atoms with Gasteiger partial charge in [-0.3, -0.25) is 4.79 Å². The maximum absolute atomic E-state index is 11.9. The Morgan fingerprint density at radius 2 is 1.70 bits per heavy atom. The topological polar surface area (TPSA) is 41.1 Å². The van der Waals surface area contributed by atoms with E-state index in [2.05, 4.69) is 36.6 Å². The highest BCUT2D eigenvalue weighted by atomic mass is 16.1. The zero-order chi connectivity index (χ0) is 15.0. The van der Waals surface area contributed by atoms with Crippen LogP contribution >= 0.6 is 0 Å². The van der Waals surface area contributed by atoms with Crippen LogP contribution in [0.15, 0.2) is 12.1 Å². The normalized spacial score (nSPS) is 10.6. The number of hydrogen-bond donors (Lipinski definition) is 2. The Morgan fingerprint density at radius 1 is 1.05 bits per heavy atom. The van der Waals surface area contributed by atoms with Crippen molar-refractivity contribution >= 4 is 11.6 Å². The van der Waals surface area contributed by atoms with Crippen molar-refractivity contribution in [3.8, 4) is 0 Å². The van der Waals surface area contributed by atoms with Gasteiger partial charge in [0.15, 0.2) is 0 Å². The highest BCUT2D eigenvalue weighted by Crippen LogP contribution is 2.21. The van der Waals surface area contributed by atoms with Crippen molar-refractivity contribution in [1.82, 2.24) is 5.32 Å². The summed E-state index contributed by atoms with van der Waals surface area (Å²) >= 11 is 0.